The van der Waals surface area contributed by atoms with Gasteiger partial charge < -0.3 is 5.73 Å². The van der Waals surface area contributed by atoms with Crippen LogP contribution in [0.3, 0.4) is 0 Å². The van der Waals surface area contributed by atoms with Gasteiger partial charge in [-0.05, 0) is 38.0 Å². The average molecular weight is 227 g/mol. The molecular weight excluding hydrogens is 210 g/mol. The highest BCUT2D eigenvalue weighted by Gasteiger charge is 2.18. The number of hydrogen-bond donors (Lipinski definition) is 1. The van der Waals surface area contributed by atoms with E-state index in [0.717, 1.165) is 11.1 Å². The second-order valence-corrected chi connectivity index (χ2v) is 6.54. The van der Waals surface area contributed by atoms with Crippen molar-refractivity contribution in [3.8, 4) is 0 Å². The Labute approximate surface area is 91.2 Å². The molecule has 3 nitrogen and oxygen atoms in total. The fourth-order valence-electron chi connectivity index (χ4n) is 1.24. The molecule has 0 saturated heterocycles. The molecule has 1 aromatic carbocycles. The molecule has 0 radical (unpaired) electrons. The standard InChI is InChI=1S/C11H17NO2S/c1-8(2)15(13,14)7-10-5-4-6-11(12)9(10)3/h4-6,8H,7,12H2,1-3H3. The highest BCUT2D eigenvalue weighted by molar-refractivity contribution is 7.91. The lowest BCUT2D eigenvalue weighted by atomic mass is 10.1. The van der Waals surface area contributed by atoms with Crippen molar-refractivity contribution in [2.75, 3.05) is 5.73 Å². The zero-order chi connectivity index (χ0) is 11.6. The lowest BCUT2D eigenvalue weighted by molar-refractivity contribution is 0.586. The Morgan fingerprint density at radius 2 is 1.93 bits per heavy atom. The Kier molecular flexibility index (Phi) is 3.39. The summed E-state index contributed by atoms with van der Waals surface area (Å²) in [6.45, 7) is 5.23. The molecule has 1 rings (SSSR count). The monoisotopic (exact) mass is 227 g/mol. The number of hydrogen-bond acceptors (Lipinski definition) is 3. The van der Waals surface area contributed by atoms with Gasteiger partial charge in [-0.2, -0.15) is 0 Å². The lowest BCUT2D eigenvalue weighted by Crippen LogP contribution is -2.16. The van der Waals surface area contributed by atoms with E-state index in [4.69, 9.17) is 5.73 Å². The number of rotatable bonds is 3. The highest BCUT2D eigenvalue weighted by Crippen LogP contribution is 2.19. The summed E-state index contributed by atoms with van der Waals surface area (Å²) in [5.41, 5.74) is 8.02. The van der Waals surface area contributed by atoms with Crippen LogP contribution in [-0.4, -0.2) is 13.7 Å². The van der Waals surface area contributed by atoms with Crippen LogP contribution in [0, 0.1) is 6.92 Å². The molecule has 0 saturated carbocycles. The number of anilines is 1. The van der Waals surface area contributed by atoms with E-state index in [2.05, 4.69) is 0 Å². The topological polar surface area (TPSA) is 60.2 Å². The van der Waals surface area contributed by atoms with Gasteiger partial charge >= 0.3 is 0 Å². The van der Waals surface area contributed by atoms with Crippen LogP contribution >= 0.6 is 0 Å². The Hall–Kier alpha value is -1.03. The first-order valence-electron chi connectivity index (χ1n) is 4.90. The van der Waals surface area contributed by atoms with Crippen LogP contribution in [0.2, 0.25) is 0 Å². The van der Waals surface area contributed by atoms with Crippen molar-refractivity contribution >= 4 is 15.5 Å². The minimum absolute atomic E-state index is 0.0710. The van der Waals surface area contributed by atoms with E-state index >= 15 is 0 Å². The summed E-state index contributed by atoms with van der Waals surface area (Å²) in [6.07, 6.45) is 0. The summed E-state index contributed by atoms with van der Waals surface area (Å²) in [4.78, 5) is 0. The summed E-state index contributed by atoms with van der Waals surface area (Å²) < 4.78 is 23.4. The van der Waals surface area contributed by atoms with Crippen molar-refractivity contribution in [1.82, 2.24) is 0 Å². The average Bonchev–Trinajstić information content (AvgIpc) is 2.12. The van der Waals surface area contributed by atoms with Crippen LogP contribution in [0.5, 0.6) is 0 Å². The van der Waals surface area contributed by atoms with Gasteiger partial charge in [0.05, 0.1) is 11.0 Å². The fourth-order valence-corrected chi connectivity index (χ4v) is 2.32. The second kappa shape index (κ2) is 4.23. The van der Waals surface area contributed by atoms with Crippen molar-refractivity contribution in [2.24, 2.45) is 0 Å². The van der Waals surface area contributed by atoms with Crippen molar-refractivity contribution in [3.63, 3.8) is 0 Å². The molecule has 0 amide bonds. The maximum atomic E-state index is 11.7. The Bertz CT molecular complexity index is 450. The Morgan fingerprint density at radius 3 is 2.47 bits per heavy atom. The summed E-state index contributed by atoms with van der Waals surface area (Å²) in [5, 5.41) is -0.349. The molecular formula is C11H17NO2S. The van der Waals surface area contributed by atoms with E-state index in [1.54, 1.807) is 26.0 Å². The van der Waals surface area contributed by atoms with Crippen molar-refractivity contribution in [3.05, 3.63) is 29.3 Å². The van der Waals surface area contributed by atoms with Gasteiger partial charge in [0.1, 0.15) is 0 Å². The summed E-state index contributed by atoms with van der Waals surface area (Å²) in [6, 6.07) is 5.37. The molecule has 0 unspecified atom stereocenters. The highest BCUT2D eigenvalue weighted by atomic mass is 32.2. The molecule has 0 aliphatic rings. The van der Waals surface area contributed by atoms with Crippen LogP contribution < -0.4 is 5.73 Å². The molecule has 0 aromatic heterocycles. The molecule has 4 heteroatoms. The zero-order valence-corrected chi connectivity index (χ0v) is 10.1. The predicted octanol–water partition coefficient (Wildman–Crippen LogP) is 1.90. The van der Waals surface area contributed by atoms with Gasteiger partial charge in [0.2, 0.25) is 0 Å². The van der Waals surface area contributed by atoms with E-state index in [1.165, 1.54) is 0 Å². The lowest BCUT2D eigenvalue weighted by Gasteiger charge is -2.11. The zero-order valence-electron chi connectivity index (χ0n) is 9.32. The van der Waals surface area contributed by atoms with Gasteiger partial charge in [0.15, 0.2) is 9.84 Å². The minimum atomic E-state index is -3.05. The van der Waals surface area contributed by atoms with Crippen molar-refractivity contribution in [2.45, 2.75) is 31.8 Å². The summed E-state index contributed by atoms with van der Waals surface area (Å²) in [7, 11) is -3.05. The molecule has 1 aromatic rings. The van der Waals surface area contributed by atoms with Crippen LogP contribution in [0.1, 0.15) is 25.0 Å². The smallest absolute Gasteiger partial charge is 0.156 e. The molecule has 0 fully saturated rings. The van der Waals surface area contributed by atoms with Crippen LogP contribution in [-0.2, 0) is 15.6 Å². The van der Waals surface area contributed by atoms with E-state index < -0.39 is 9.84 Å². The maximum Gasteiger partial charge on any atom is 0.156 e. The first kappa shape index (κ1) is 12.0. The van der Waals surface area contributed by atoms with E-state index in [0.29, 0.717) is 5.69 Å². The van der Waals surface area contributed by atoms with Gasteiger partial charge in [-0.25, -0.2) is 8.42 Å². The minimum Gasteiger partial charge on any atom is -0.399 e. The molecule has 0 spiro atoms. The molecule has 84 valence electrons. The summed E-state index contributed by atoms with van der Waals surface area (Å²) >= 11 is 0. The normalized spacial score (nSPS) is 12.0. The quantitative estimate of drug-likeness (QED) is 0.802. The van der Waals surface area contributed by atoms with Gasteiger partial charge in [0.25, 0.3) is 0 Å². The van der Waals surface area contributed by atoms with Crippen molar-refractivity contribution in [1.29, 1.82) is 0 Å². The number of benzene rings is 1. The Morgan fingerprint density at radius 1 is 1.33 bits per heavy atom. The molecule has 0 aliphatic heterocycles. The molecule has 2 N–H and O–H groups in total. The first-order valence-corrected chi connectivity index (χ1v) is 6.61. The van der Waals surface area contributed by atoms with Crippen LogP contribution in [0.4, 0.5) is 5.69 Å². The molecule has 15 heavy (non-hydrogen) atoms. The third-order valence-electron chi connectivity index (χ3n) is 2.56. The second-order valence-electron chi connectivity index (χ2n) is 3.99. The predicted molar refractivity (Wildman–Crippen MR) is 63.4 cm³/mol. The molecule has 0 aliphatic carbocycles. The van der Waals surface area contributed by atoms with Crippen molar-refractivity contribution < 1.29 is 8.42 Å². The van der Waals surface area contributed by atoms with Crippen LogP contribution in [0.25, 0.3) is 0 Å². The van der Waals surface area contributed by atoms with Gasteiger partial charge in [0, 0.05) is 5.69 Å². The number of nitrogens with two attached hydrogens (primary N) is 1. The number of nitrogen functional groups attached to an aromatic ring is 1. The fraction of sp³-hybridized carbons (Fsp3) is 0.455. The van der Waals surface area contributed by atoms with Gasteiger partial charge in [-0.3, -0.25) is 0 Å². The largest absolute Gasteiger partial charge is 0.399 e. The van der Waals surface area contributed by atoms with Gasteiger partial charge in [-0.1, -0.05) is 12.1 Å². The third-order valence-corrected chi connectivity index (χ3v) is 4.71. The summed E-state index contributed by atoms with van der Waals surface area (Å²) in [5.74, 6) is 0.0710. The number of sulfone groups is 1. The van der Waals surface area contributed by atoms with E-state index in [1.807, 2.05) is 13.0 Å². The van der Waals surface area contributed by atoms with Gasteiger partial charge in [-0.15, -0.1) is 0 Å². The third kappa shape index (κ3) is 2.72. The molecule has 0 bridgehead atoms. The Balaban J connectivity index is 3.06. The van der Waals surface area contributed by atoms with E-state index in [9.17, 15) is 8.42 Å². The SMILES string of the molecule is Cc1c(N)cccc1CS(=O)(=O)C(C)C. The maximum absolute atomic E-state index is 11.7. The molecule has 0 heterocycles. The molecule has 0 atom stereocenters. The van der Waals surface area contributed by atoms with Crippen LogP contribution in [0.15, 0.2) is 18.2 Å². The first-order chi connectivity index (χ1) is 6.84. The van der Waals surface area contributed by atoms with E-state index in [-0.39, 0.29) is 11.0 Å².